The van der Waals surface area contributed by atoms with Gasteiger partial charge in [0.25, 0.3) is 6.43 Å². The van der Waals surface area contributed by atoms with Crippen molar-refractivity contribution in [2.75, 3.05) is 0 Å². The molecule has 0 fully saturated rings. The molecule has 0 atom stereocenters. The van der Waals surface area contributed by atoms with Crippen molar-refractivity contribution in [2.24, 2.45) is 0 Å². The summed E-state index contributed by atoms with van der Waals surface area (Å²) in [5.41, 5.74) is 0.266. The minimum Gasteiger partial charge on any atom is -0.241 e. The molecular weight excluding hydrogens is 298 g/mol. The van der Waals surface area contributed by atoms with E-state index in [1.165, 1.54) is 13.0 Å². The van der Waals surface area contributed by atoms with Crippen LogP contribution in [0.1, 0.15) is 17.7 Å². The highest BCUT2D eigenvalue weighted by Crippen LogP contribution is 2.28. The summed E-state index contributed by atoms with van der Waals surface area (Å²) in [6.45, 7) is 1.52. The van der Waals surface area contributed by atoms with E-state index < -0.39 is 6.43 Å². The molecule has 0 saturated heterocycles. The van der Waals surface area contributed by atoms with Gasteiger partial charge in [-0.1, -0.05) is 11.6 Å². The summed E-state index contributed by atoms with van der Waals surface area (Å²) in [4.78, 5) is 3.74. The Morgan fingerprint density at radius 2 is 2.17 bits per heavy atom. The van der Waals surface area contributed by atoms with Crippen molar-refractivity contribution in [3.8, 4) is 0 Å². The van der Waals surface area contributed by atoms with Crippen molar-refractivity contribution in [1.82, 2.24) is 4.98 Å². The Labute approximate surface area is 87.3 Å². The van der Waals surface area contributed by atoms with Crippen molar-refractivity contribution in [1.29, 1.82) is 0 Å². The van der Waals surface area contributed by atoms with Gasteiger partial charge in [0.2, 0.25) is 0 Å². The SMILES string of the molecule is Cc1nc(Cl)cc(I)c1C(F)F. The van der Waals surface area contributed by atoms with E-state index in [0.29, 0.717) is 9.26 Å². The molecule has 0 aliphatic rings. The maximum atomic E-state index is 12.3. The van der Waals surface area contributed by atoms with Crippen molar-refractivity contribution < 1.29 is 8.78 Å². The Morgan fingerprint density at radius 1 is 1.58 bits per heavy atom. The number of rotatable bonds is 1. The van der Waals surface area contributed by atoms with Crippen LogP contribution in [0, 0.1) is 10.5 Å². The molecule has 1 nitrogen and oxygen atoms in total. The summed E-state index contributed by atoms with van der Waals surface area (Å²) >= 11 is 7.39. The standard InChI is InChI=1S/C7H5ClF2IN/c1-3-6(7(9)10)4(11)2-5(8)12-3/h2,7H,1H3. The quantitative estimate of drug-likeness (QED) is 0.571. The third-order valence-corrected chi connectivity index (χ3v) is 2.47. The lowest BCUT2D eigenvalue weighted by molar-refractivity contribution is 0.149. The Bertz CT molecular complexity index is 280. The molecule has 1 rings (SSSR count). The highest BCUT2D eigenvalue weighted by atomic mass is 127. The zero-order valence-corrected chi connectivity index (χ0v) is 9.03. The maximum Gasteiger partial charge on any atom is 0.266 e. The lowest BCUT2D eigenvalue weighted by Gasteiger charge is -2.06. The monoisotopic (exact) mass is 303 g/mol. The molecular formula is C7H5ClF2IN. The minimum atomic E-state index is -2.48. The van der Waals surface area contributed by atoms with Gasteiger partial charge in [0.15, 0.2) is 0 Å². The molecule has 0 amide bonds. The van der Waals surface area contributed by atoms with Gasteiger partial charge < -0.3 is 0 Å². The smallest absolute Gasteiger partial charge is 0.241 e. The van der Waals surface area contributed by atoms with Gasteiger partial charge in [-0.15, -0.1) is 0 Å². The summed E-state index contributed by atoms with van der Waals surface area (Å²) in [5, 5.41) is 0.251. The zero-order valence-electron chi connectivity index (χ0n) is 6.11. The van der Waals surface area contributed by atoms with Crippen LogP contribution in [0.2, 0.25) is 5.15 Å². The van der Waals surface area contributed by atoms with Crippen LogP contribution in [0.3, 0.4) is 0 Å². The topological polar surface area (TPSA) is 12.9 Å². The predicted molar refractivity (Wildman–Crippen MR) is 51.7 cm³/mol. The van der Waals surface area contributed by atoms with E-state index in [4.69, 9.17) is 11.6 Å². The number of alkyl halides is 2. The maximum absolute atomic E-state index is 12.3. The number of aromatic nitrogens is 1. The Morgan fingerprint density at radius 3 is 2.58 bits per heavy atom. The molecule has 1 aromatic rings. The summed E-state index contributed by atoms with van der Waals surface area (Å²) in [5.74, 6) is 0. The molecule has 1 aromatic heterocycles. The molecule has 5 heteroatoms. The average Bonchev–Trinajstić information content (AvgIpc) is 1.82. The van der Waals surface area contributed by atoms with Crippen molar-refractivity contribution in [3.63, 3.8) is 0 Å². The molecule has 1 heterocycles. The minimum absolute atomic E-state index is 0.0278. The van der Waals surface area contributed by atoms with Crippen LogP contribution in [0.4, 0.5) is 8.78 Å². The fourth-order valence-corrected chi connectivity index (χ4v) is 2.21. The molecule has 0 N–H and O–H groups in total. The molecule has 0 saturated carbocycles. The lowest BCUT2D eigenvalue weighted by Crippen LogP contribution is -1.97. The lowest BCUT2D eigenvalue weighted by atomic mass is 10.2. The number of halogens is 4. The molecule has 0 radical (unpaired) electrons. The van der Waals surface area contributed by atoms with Gasteiger partial charge in [0, 0.05) is 9.26 Å². The van der Waals surface area contributed by atoms with Gasteiger partial charge in [-0.05, 0) is 35.6 Å². The van der Waals surface area contributed by atoms with Gasteiger partial charge in [-0.2, -0.15) is 0 Å². The first kappa shape index (κ1) is 10.1. The summed E-state index contributed by atoms with van der Waals surface area (Å²) in [6.07, 6.45) is -2.48. The summed E-state index contributed by atoms with van der Waals surface area (Å²) in [6, 6.07) is 1.43. The number of nitrogens with zero attached hydrogens (tertiary/aromatic N) is 1. The first-order valence-corrected chi connectivity index (χ1v) is 4.58. The number of pyridine rings is 1. The second-order valence-corrected chi connectivity index (χ2v) is 3.78. The van der Waals surface area contributed by atoms with Gasteiger partial charge >= 0.3 is 0 Å². The molecule has 0 bridgehead atoms. The van der Waals surface area contributed by atoms with E-state index >= 15 is 0 Å². The first-order valence-electron chi connectivity index (χ1n) is 3.13. The van der Waals surface area contributed by atoms with E-state index in [9.17, 15) is 8.78 Å². The molecule has 0 aliphatic carbocycles. The van der Waals surface area contributed by atoms with E-state index in [-0.39, 0.29) is 10.7 Å². The highest BCUT2D eigenvalue weighted by Gasteiger charge is 2.16. The van der Waals surface area contributed by atoms with E-state index in [0.717, 1.165) is 0 Å². The largest absolute Gasteiger partial charge is 0.266 e. The van der Waals surface area contributed by atoms with E-state index in [1.54, 1.807) is 0 Å². The first-order chi connectivity index (χ1) is 5.52. The van der Waals surface area contributed by atoms with Crippen LogP contribution < -0.4 is 0 Å². The normalized spacial score (nSPS) is 10.8. The van der Waals surface area contributed by atoms with Crippen LogP contribution in [0.25, 0.3) is 0 Å². The van der Waals surface area contributed by atoms with Crippen LogP contribution >= 0.6 is 34.2 Å². The van der Waals surface area contributed by atoms with Gasteiger partial charge in [0.1, 0.15) is 5.15 Å². The number of aryl methyl sites for hydroxylation is 1. The highest BCUT2D eigenvalue weighted by molar-refractivity contribution is 14.1. The Hall–Kier alpha value is 0.0300. The predicted octanol–water partition coefficient (Wildman–Crippen LogP) is 3.59. The molecule has 0 aliphatic heterocycles. The van der Waals surface area contributed by atoms with Crippen molar-refractivity contribution >= 4 is 34.2 Å². The van der Waals surface area contributed by atoms with Gasteiger partial charge in [-0.25, -0.2) is 13.8 Å². The third kappa shape index (κ3) is 2.04. The fraction of sp³-hybridized carbons (Fsp3) is 0.286. The van der Waals surface area contributed by atoms with Crippen LogP contribution in [0.15, 0.2) is 6.07 Å². The van der Waals surface area contributed by atoms with Crippen LogP contribution in [-0.2, 0) is 0 Å². The zero-order chi connectivity index (χ0) is 9.30. The van der Waals surface area contributed by atoms with Crippen LogP contribution in [0.5, 0.6) is 0 Å². The number of hydrogen-bond acceptors (Lipinski definition) is 1. The van der Waals surface area contributed by atoms with E-state index in [2.05, 4.69) is 4.98 Å². The Kier molecular flexibility index (Phi) is 3.22. The van der Waals surface area contributed by atoms with Gasteiger partial charge in [0.05, 0.1) is 5.56 Å². The van der Waals surface area contributed by atoms with Crippen molar-refractivity contribution in [2.45, 2.75) is 13.3 Å². The van der Waals surface area contributed by atoms with Gasteiger partial charge in [-0.3, -0.25) is 0 Å². The summed E-state index contributed by atoms with van der Waals surface area (Å²) in [7, 11) is 0. The fourth-order valence-electron chi connectivity index (χ4n) is 0.870. The molecule has 0 unspecified atom stereocenters. The Balaban J connectivity index is 3.28. The average molecular weight is 303 g/mol. The third-order valence-electron chi connectivity index (χ3n) is 1.39. The molecule has 12 heavy (non-hydrogen) atoms. The second kappa shape index (κ2) is 3.83. The molecule has 0 spiro atoms. The number of hydrogen-bond donors (Lipinski definition) is 0. The molecule has 66 valence electrons. The van der Waals surface area contributed by atoms with Crippen LogP contribution in [-0.4, -0.2) is 4.98 Å². The summed E-state index contributed by atoms with van der Waals surface area (Å²) < 4.78 is 25.1. The van der Waals surface area contributed by atoms with Crippen molar-refractivity contribution in [3.05, 3.63) is 26.0 Å². The van der Waals surface area contributed by atoms with E-state index in [1.807, 2.05) is 22.6 Å². The molecule has 0 aromatic carbocycles. The second-order valence-electron chi connectivity index (χ2n) is 2.23.